The number of sulfonamides is 1. The second-order valence-corrected chi connectivity index (χ2v) is 12.4. The molecule has 0 aliphatic heterocycles. The van der Waals surface area contributed by atoms with E-state index in [1.165, 1.54) is 4.90 Å². The first kappa shape index (κ1) is 30.2. The maximum Gasteiger partial charge on any atom is 0.244 e. The van der Waals surface area contributed by atoms with Crippen LogP contribution in [0.3, 0.4) is 0 Å². The number of hydrogen-bond acceptors (Lipinski definition) is 4. The molecule has 208 valence electrons. The third kappa shape index (κ3) is 8.83. The number of anilines is 1. The molecule has 0 saturated carbocycles. The summed E-state index contributed by atoms with van der Waals surface area (Å²) in [6, 6.07) is 22.8. The van der Waals surface area contributed by atoms with E-state index in [4.69, 9.17) is 11.6 Å². The van der Waals surface area contributed by atoms with Crippen molar-refractivity contribution in [3.63, 3.8) is 0 Å². The van der Waals surface area contributed by atoms with Gasteiger partial charge in [0.25, 0.3) is 0 Å². The average molecular weight is 570 g/mol. The van der Waals surface area contributed by atoms with Crippen LogP contribution in [0.1, 0.15) is 30.5 Å². The van der Waals surface area contributed by atoms with Gasteiger partial charge < -0.3 is 10.2 Å². The molecule has 3 aromatic rings. The summed E-state index contributed by atoms with van der Waals surface area (Å²) in [4.78, 5) is 29.1. The maximum absolute atomic E-state index is 14.0. The van der Waals surface area contributed by atoms with Gasteiger partial charge in [0, 0.05) is 19.5 Å². The van der Waals surface area contributed by atoms with Gasteiger partial charge in [-0.3, -0.25) is 13.9 Å². The highest BCUT2D eigenvalue weighted by atomic mass is 35.5. The highest BCUT2D eigenvalue weighted by Crippen LogP contribution is 2.27. The molecular formula is C30H36ClN3O4S. The van der Waals surface area contributed by atoms with Crippen molar-refractivity contribution < 1.29 is 18.0 Å². The van der Waals surface area contributed by atoms with Gasteiger partial charge in [0.1, 0.15) is 12.6 Å². The molecule has 0 spiro atoms. The van der Waals surface area contributed by atoms with Gasteiger partial charge in [-0.2, -0.15) is 0 Å². The number of para-hydroxylation sites is 1. The molecule has 0 saturated heterocycles. The molecule has 0 aliphatic rings. The molecule has 0 heterocycles. The Kier molecular flexibility index (Phi) is 10.5. The first-order valence-electron chi connectivity index (χ1n) is 12.8. The predicted molar refractivity (Wildman–Crippen MR) is 157 cm³/mol. The smallest absolute Gasteiger partial charge is 0.244 e. The Bertz CT molecular complexity index is 1380. The number of carbonyl (C=O) groups excluding carboxylic acids is 2. The Balaban J connectivity index is 2.05. The number of nitrogens with one attached hydrogen (secondary N) is 1. The minimum atomic E-state index is -3.87. The van der Waals surface area contributed by atoms with Gasteiger partial charge in [-0.25, -0.2) is 8.42 Å². The van der Waals surface area contributed by atoms with Gasteiger partial charge in [0.15, 0.2) is 0 Å². The van der Waals surface area contributed by atoms with E-state index in [0.717, 1.165) is 27.3 Å². The summed E-state index contributed by atoms with van der Waals surface area (Å²) in [7, 11) is -3.87. The number of carbonyl (C=O) groups is 2. The molecule has 0 aromatic heterocycles. The zero-order valence-electron chi connectivity index (χ0n) is 22.8. The lowest BCUT2D eigenvalue weighted by molar-refractivity contribution is -0.140. The van der Waals surface area contributed by atoms with Gasteiger partial charge >= 0.3 is 0 Å². The Hall–Kier alpha value is -3.36. The fourth-order valence-electron chi connectivity index (χ4n) is 4.23. The normalized spacial score (nSPS) is 12.2. The number of nitrogens with zero attached hydrogens (tertiary/aromatic N) is 2. The Morgan fingerprint density at radius 3 is 2.18 bits per heavy atom. The lowest BCUT2D eigenvalue weighted by Crippen LogP contribution is -2.53. The lowest BCUT2D eigenvalue weighted by Gasteiger charge is -2.34. The van der Waals surface area contributed by atoms with Crippen molar-refractivity contribution in [1.29, 1.82) is 0 Å². The first-order chi connectivity index (χ1) is 18.5. The van der Waals surface area contributed by atoms with E-state index in [9.17, 15) is 18.0 Å². The highest BCUT2D eigenvalue weighted by molar-refractivity contribution is 7.92. The van der Waals surface area contributed by atoms with Crippen molar-refractivity contribution in [1.82, 2.24) is 10.2 Å². The molecule has 9 heteroatoms. The maximum atomic E-state index is 14.0. The second kappa shape index (κ2) is 13.6. The van der Waals surface area contributed by atoms with E-state index < -0.39 is 28.5 Å². The van der Waals surface area contributed by atoms with E-state index in [2.05, 4.69) is 5.32 Å². The van der Waals surface area contributed by atoms with Crippen LogP contribution < -0.4 is 9.62 Å². The molecule has 1 atom stereocenters. The van der Waals surface area contributed by atoms with Gasteiger partial charge in [0.2, 0.25) is 21.8 Å². The molecule has 0 bridgehead atoms. The minimum absolute atomic E-state index is 0.132. The monoisotopic (exact) mass is 569 g/mol. The van der Waals surface area contributed by atoms with Gasteiger partial charge in [-0.1, -0.05) is 97.7 Å². The van der Waals surface area contributed by atoms with Crippen LogP contribution in [0.15, 0.2) is 78.9 Å². The largest absolute Gasteiger partial charge is 0.354 e. The summed E-state index contributed by atoms with van der Waals surface area (Å²) in [6.07, 6.45) is 1.30. The standard InChI is InChI=1S/C30H36ClN3O4S/c1-22(2)19-32-30(36)28(18-24-12-6-5-7-13-24)33(20-25-14-10-11-23(3)17-25)29(35)21-34(39(4,37)38)27-16-9-8-15-26(27)31/h5-17,22,28H,18-21H2,1-4H3,(H,32,36)/t28-/m1/s1. The van der Waals surface area contributed by atoms with Crippen LogP contribution in [-0.4, -0.2) is 50.5 Å². The Labute approximate surface area is 236 Å². The molecular weight excluding hydrogens is 534 g/mol. The molecule has 0 radical (unpaired) electrons. The van der Waals surface area contributed by atoms with E-state index in [-0.39, 0.29) is 35.5 Å². The van der Waals surface area contributed by atoms with Crippen molar-refractivity contribution in [2.24, 2.45) is 5.92 Å². The number of halogens is 1. The third-order valence-electron chi connectivity index (χ3n) is 6.19. The highest BCUT2D eigenvalue weighted by Gasteiger charge is 2.33. The quantitative estimate of drug-likeness (QED) is 0.338. The molecule has 39 heavy (non-hydrogen) atoms. The summed E-state index contributed by atoms with van der Waals surface area (Å²) < 4.78 is 26.7. The number of hydrogen-bond donors (Lipinski definition) is 1. The molecule has 0 aliphatic carbocycles. The van der Waals surface area contributed by atoms with Gasteiger partial charge in [0.05, 0.1) is 17.0 Å². The molecule has 0 unspecified atom stereocenters. The topological polar surface area (TPSA) is 86.8 Å². The van der Waals surface area contributed by atoms with Crippen LogP contribution in [0.2, 0.25) is 5.02 Å². The SMILES string of the molecule is Cc1cccc(CN(C(=O)CN(c2ccccc2Cl)S(C)(=O)=O)[C@H](Cc2ccccc2)C(=O)NCC(C)C)c1. The summed E-state index contributed by atoms with van der Waals surface area (Å²) in [5.41, 5.74) is 2.93. The lowest BCUT2D eigenvalue weighted by atomic mass is 10.0. The summed E-state index contributed by atoms with van der Waals surface area (Å²) in [5, 5.41) is 3.18. The van der Waals surface area contributed by atoms with Crippen LogP contribution >= 0.6 is 11.6 Å². The number of benzene rings is 3. The summed E-state index contributed by atoms with van der Waals surface area (Å²) in [5.74, 6) is -0.590. The Morgan fingerprint density at radius 1 is 0.923 bits per heavy atom. The summed E-state index contributed by atoms with van der Waals surface area (Å²) >= 11 is 6.33. The predicted octanol–water partition coefficient (Wildman–Crippen LogP) is 4.83. The molecule has 3 rings (SSSR count). The van der Waals surface area contributed by atoms with Crippen LogP contribution in [0.4, 0.5) is 5.69 Å². The van der Waals surface area contributed by atoms with Crippen LogP contribution in [0, 0.1) is 12.8 Å². The average Bonchev–Trinajstić information content (AvgIpc) is 2.88. The fourth-order valence-corrected chi connectivity index (χ4v) is 5.38. The van der Waals surface area contributed by atoms with Crippen molar-refractivity contribution in [2.45, 2.75) is 39.8 Å². The van der Waals surface area contributed by atoms with E-state index >= 15 is 0 Å². The van der Waals surface area contributed by atoms with Crippen molar-refractivity contribution >= 4 is 39.1 Å². The molecule has 2 amide bonds. The van der Waals surface area contributed by atoms with Crippen molar-refractivity contribution in [3.8, 4) is 0 Å². The van der Waals surface area contributed by atoms with Crippen LogP contribution in [0.25, 0.3) is 0 Å². The molecule has 7 nitrogen and oxygen atoms in total. The number of rotatable bonds is 12. The van der Waals surface area contributed by atoms with Gasteiger partial charge in [-0.15, -0.1) is 0 Å². The van der Waals surface area contributed by atoms with E-state index in [0.29, 0.717) is 6.54 Å². The minimum Gasteiger partial charge on any atom is -0.354 e. The van der Waals surface area contributed by atoms with Crippen molar-refractivity contribution in [3.05, 3.63) is 101 Å². The second-order valence-electron chi connectivity index (χ2n) is 10.1. The number of amides is 2. The summed E-state index contributed by atoms with van der Waals surface area (Å²) in [6.45, 7) is 6.02. The molecule has 1 N–H and O–H groups in total. The first-order valence-corrected chi connectivity index (χ1v) is 15.1. The molecule has 0 fully saturated rings. The molecule has 3 aromatic carbocycles. The zero-order chi connectivity index (χ0) is 28.6. The van der Waals surface area contributed by atoms with Crippen LogP contribution in [0.5, 0.6) is 0 Å². The van der Waals surface area contributed by atoms with Crippen LogP contribution in [-0.2, 0) is 32.6 Å². The Morgan fingerprint density at radius 2 is 1.56 bits per heavy atom. The third-order valence-corrected chi connectivity index (χ3v) is 7.64. The van der Waals surface area contributed by atoms with Crippen molar-refractivity contribution in [2.75, 3.05) is 23.7 Å². The van der Waals surface area contributed by atoms with Gasteiger partial charge in [-0.05, 0) is 36.1 Å². The number of aryl methyl sites for hydroxylation is 1. The van der Waals surface area contributed by atoms with E-state index in [1.54, 1.807) is 24.3 Å². The fraction of sp³-hybridized carbons (Fsp3) is 0.333. The van der Waals surface area contributed by atoms with E-state index in [1.807, 2.05) is 75.4 Å². The zero-order valence-corrected chi connectivity index (χ0v) is 24.4.